The lowest BCUT2D eigenvalue weighted by Crippen LogP contribution is -2.55. The number of carbonyl (C=O) groups excluding carboxylic acids is 3. The molecule has 2 aromatic carbocycles. The number of nitrogens with two attached hydrogens (primary N) is 1. The van der Waals surface area contributed by atoms with Crippen LogP contribution in [-0.2, 0) is 24.7 Å². The first-order valence-electron chi connectivity index (χ1n) is 7.96. The summed E-state index contributed by atoms with van der Waals surface area (Å²) in [5.74, 6) is 3.64. The number of amides is 1. The molecule has 0 heterocycles. The predicted octanol–water partition coefficient (Wildman–Crippen LogP) is 0.742. The maximum absolute atomic E-state index is 12.9. The van der Waals surface area contributed by atoms with Gasteiger partial charge in [0.2, 0.25) is 0 Å². The second-order valence-electron chi connectivity index (χ2n) is 5.36. The molecule has 27 heavy (non-hydrogen) atoms. The molecule has 0 aliphatic carbocycles. The number of hydrogen-bond donors (Lipinski definition) is 2. The zero-order chi connectivity index (χ0) is 19.7. The Bertz CT molecular complexity index is 821. The van der Waals surface area contributed by atoms with Gasteiger partial charge in [0, 0.05) is 5.56 Å². The normalized spacial score (nSPS) is 12.8. The molecule has 0 aliphatic heterocycles. The topological polar surface area (TPSA) is 120 Å². The molecule has 1 unspecified atom stereocenters. The van der Waals surface area contributed by atoms with Crippen molar-refractivity contribution in [3.8, 4) is 5.75 Å². The van der Waals surface area contributed by atoms with Gasteiger partial charge in [0.25, 0.3) is 5.91 Å². The minimum atomic E-state index is -2.14. The second-order valence-corrected chi connectivity index (χ2v) is 5.36. The fourth-order valence-corrected chi connectivity index (χ4v) is 2.45. The van der Waals surface area contributed by atoms with E-state index in [1.54, 1.807) is 42.5 Å². The number of esters is 1. The first-order valence-corrected chi connectivity index (χ1v) is 7.96. The van der Waals surface area contributed by atoms with Crippen LogP contribution in [0.15, 0.2) is 59.7 Å². The number of hydrazone groups is 1. The van der Waals surface area contributed by atoms with E-state index >= 15 is 0 Å². The first kappa shape index (κ1) is 19.6. The SMILES string of the molecule is COC(=O)C(Oc1ccccc1)(C(=O)NCC=O)c1ccc(C=NN)cc1. The Morgan fingerprint density at radius 1 is 1.15 bits per heavy atom. The molecule has 1 amide bonds. The van der Waals surface area contributed by atoms with Crippen LogP contribution in [0.25, 0.3) is 0 Å². The Balaban J connectivity index is 2.60. The number of rotatable bonds is 8. The smallest absolute Gasteiger partial charge is 0.365 e. The molecule has 2 aromatic rings. The van der Waals surface area contributed by atoms with Crippen LogP contribution in [0.1, 0.15) is 11.1 Å². The predicted molar refractivity (Wildman–Crippen MR) is 98.1 cm³/mol. The summed E-state index contributed by atoms with van der Waals surface area (Å²) < 4.78 is 10.7. The Morgan fingerprint density at radius 2 is 1.81 bits per heavy atom. The van der Waals surface area contributed by atoms with Crippen LogP contribution in [0, 0.1) is 0 Å². The Morgan fingerprint density at radius 3 is 2.37 bits per heavy atom. The van der Waals surface area contributed by atoms with Gasteiger partial charge in [0.15, 0.2) is 0 Å². The summed E-state index contributed by atoms with van der Waals surface area (Å²) in [4.78, 5) is 36.3. The van der Waals surface area contributed by atoms with E-state index in [4.69, 9.17) is 15.3 Å². The highest BCUT2D eigenvalue weighted by molar-refractivity contribution is 6.07. The third-order valence-electron chi connectivity index (χ3n) is 3.69. The van der Waals surface area contributed by atoms with E-state index in [1.165, 1.54) is 18.3 Å². The van der Waals surface area contributed by atoms with Crippen molar-refractivity contribution in [1.82, 2.24) is 5.32 Å². The summed E-state index contributed by atoms with van der Waals surface area (Å²) in [6.45, 7) is -0.284. The van der Waals surface area contributed by atoms with Crippen molar-refractivity contribution in [1.29, 1.82) is 0 Å². The summed E-state index contributed by atoms with van der Waals surface area (Å²) >= 11 is 0. The van der Waals surface area contributed by atoms with Gasteiger partial charge >= 0.3 is 11.6 Å². The van der Waals surface area contributed by atoms with Gasteiger partial charge < -0.3 is 25.4 Å². The molecular formula is C19H19N3O5. The summed E-state index contributed by atoms with van der Waals surface area (Å²) in [7, 11) is 1.15. The van der Waals surface area contributed by atoms with Crippen molar-refractivity contribution in [3.05, 3.63) is 65.7 Å². The lowest BCUT2D eigenvalue weighted by atomic mass is 9.91. The Hall–Kier alpha value is -3.68. The number of nitrogens with one attached hydrogen (secondary N) is 1. The van der Waals surface area contributed by atoms with Gasteiger partial charge in [-0.2, -0.15) is 5.10 Å². The molecule has 2 rings (SSSR count). The number of carbonyl (C=O) groups is 3. The summed E-state index contributed by atoms with van der Waals surface area (Å²) in [6.07, 6.45) is 1.91. The van der Waals surface area contributed by atoms with Crippen molar-refractivity contribution in [2.45, 2.75) is 5.60 Å². The quantitative estimate of drug-likeness (QED) is 0.177. The molecule has 140 valence electrons. The molecule has 8 nitrogen and oxygen atoms in total. The van der Waals surface area contributed by atoms with Crippen LogP contribution in [0.2, 0.25) is 0 Å². The van der Waals surface area contributed by atoms with Gasteiger partial charge in [-0.3, -0.25) is 4.79 Å². The van der Waals surface area contributed by atoms with Gasteiger partial charge in [-0.25, -0.2) is 4.79 Å². The number of hydrogen-bond acceptors (Lipinski definition) is 7. The van der Waals surface area contributed by atoms with E-state index in [1.807, 2.05) is 0 Å². The summed E-state index contributed by atoms with van der Waals surface area (Å²) in [5, 5.41) is 5.79. The van der Waals surface area contributed by atoms with E-state index in [9.17, 15) is 14.4 Å². The standard InChI is InChI=1S/C19H19N3O5/c1-26-18(25)19(17(24)21-11-12-23,27-16-5-3-2-4-6-16)15-9-7-14(8-10-15)13-22-20/h2-10,12-13H,11,20H2,1H3,(H,21,24). The molecule has 0 aromatic heterocycles. The van der Waals surface area contributed by atoms with Crippen LogP contribution in [0.3, 0.4) is 0 Å². The van der Waals surface area contributed by atoms with Gasteiger partial charge in [0.05, 0.1) is 19.9 Å². The van der Waals surface area contributed by atoms with Crippen molar-refractivity contribution >= 4 is 24.4 Å². The van der Waals surface area contributed by atoms with Gasteiger partial charge in [-0.05, 0) is 17.7 Å². The van der Waals surface area contributed by atoms with Crippen molar-refractivity contribution in [3.63, 3.8) is 0 Å². The van der Waals surface area contributed by atoms with Gasteiger partial charge in [0.1, 0.15) is 12.0 Å². The highest BCUT2D eigenvalue weighted by atomic mass is 16.6. The largest absolute Gasteiger partial charge is 0.465 e. The van der Waals surface area contributed by atoms with E-state index in [0.29, 0.717) is 11.8 Å². The van der Waals surface area contributed by atoms with Crippen molar-refractivity contribution < 1.29 is 23.9 Å². The maximum atomic E-state index is 12.9. The minimum absolute atomic E-state index is 0.218. The fourth-order valence-electron chi connectivity index (χ4n) is 2.45. The Labute approximate surface area is 156 Å². The van der Waals surface area contributed by atoms with Gasteiger partial charge in [-0.1, -0.05) is 42.5 Å². The molecule has 0 aliphatic rings. The second kappa shape index (κ2) is 9.14. The number of ether oxygens (including phenoxy) is 2. The number of methoxy groups -OCH3 is 1. The summed E-state index contributed by atoms with van der Waals surface area (Å²) in [5.41, 5.74) is -1.26. The summed E-state index contributed by atoms with van der Waals surface area (Å²) in [6, 6.07) is 14.6. The van der Waals surface area contributed by atoms with E-state index in [2.05, 4.69) is 10.4 Å². The average Bonchev–Trinajstić information content (AvgIpc) is 2.71. The average molecular weight is 369 g/mol. The highest BCUT2D eigenvalue weighted by Crippen LogP contribution is 2.30. The number of nitrogens with zero attached hydrogens (tertiary/aromatic N) is 1. The van der Waals surface area contributed by atoms with E-state index in [-0.39, 0.29) is 17.9 Å². The fraction of sp³-hybridized carbons (Fsp3) is 0.158. The lowest BCUT2D eigenvalue weighted by Gasteiger charge is -2.30. The van der Waals surface area contributed by atoms with Crippen LogP contribution >= 0.6 is 0 Å². The molecule has 8 heteroatoms. The molecule has 0 saturated carbocycles. The van der Waals surface area contributed by atoms with E-state index < -0.39 is 17.5 Å². The van der Waals surface area contributed by atoms with Gasteiger partial charge in [-0.15, -0.1) is 0 Å². The van der Waals surface area contributed by atoms with Crippen molar-refractivity contribution in [2.75, 3.05) is 13.7 Å². The molecule has 0 spiro atoms. The number of benzene rings is 2. The zero-order valence-electron chi connectivity index (χ0n) is 14.6. The maximum Gasteiger partial charge on any atom is 0.365 e. The number of aldehydes is 1. The lowest BCUT2D eigenvalue weighted by molar-refractivity contribution is -0.167. The first-order chi connectivity index (χ1) is 13.1. The van der Waals surface area contributed by atoms with E-state index in [0.717, 1.165) is 7.11 Å². The molecule has 0 fully saturated rings. The third-order valence-corrected chi connectivity index (χ3v) is 3.69. The monoisotopic (exact) mass is 369 g/mol. The molecule has 3 N–H and O–H groups in total. The van der Waals surface area contributed by atoms with Crippen LogP contribution in [-0.4, -0.2) is 38.0 Å². The molecule has 0 saturated heterocycles. The molecule has 1 atom stereocenters. The van der Waals surface area contributed by atoms with Crippen molar-refractivity contribution in [2.24, 2.45) is 10.9 Å². The van der Waals surface area contributed by atoms with Crippen LogP contribution in [0.5, 0.6) is 5.75 Å². The van der Waals surface area contributed by atoms with Crippen LogP contribution < -0.4 is 15.9 Å². The van der Waals surface area contributed by atoms with Crippen LogP contribution in [0.4, 0.5) is 0 Å². The number of para-hydroxylation sites is 1. The highest BCUT2D eigenvalue weighted by Gasteiger charge is 2.52. The third kappa shape index (κ3) is 4.30. The minimum Gasteiger partial charge on any atom is -0.465 e. The Kier molecular flexibility index (Phi) is 6.65. The molecule has 0 radical (unpaired) electrons. The molecule has 0 bridgehead atoms. The molecular weight excluding hydrogens is 350 g/mol. The zero-order valence-corrected chi connectivity index (χ0v) is 14.6.